The van der Waals surface area contributed by atoms with Gasteiger partial charge in [0, 0.05) is 6.54 Å². The van der Waals surface area contributed by atoms with Crippen molar-refractivity contribution in [2.45, 2.75) is 45.5 Å². The number of amides is 3. The van der Waals surface area contributed by atoms with E-state index in [4.69, 9.17) is 4.74 Å². The minimum atomic E-state index is -0.898. The van der Waals surface area contributed by atoms with E-state index in [1.165, 1.54) is 4.90 Å². The summed E-state index contributed by atoms with van der Waals surface area (Å²) in [5.74, 6) is -0.670. The van der Waals surface area contributed by atoms with Crippen LogP contribution in [0.3, 0.4) is 0 Å². The lowest BCUT2D eigenvalue weighted by Gasteiger charge is -2.40. The summed E-state index contributed by atoms with van der Waals surface area (Å²) in [6.07, 6.45) is 0.471. The van der Waals surface area contributed by atoms with Crippen molar-refractivity contribution >= 4 is 17.7 Å². The molecule has 32 heavy (non-hydrogen) atoms. The number of rotatable bonds is 10. The molecule has 2 aromatic rings. The smallest absolute Gasteiger partial charge is 0.245 e. The molecule has 1 saturated heterocycles. The monoisotopic (exact) mass is 437 g/mol. The number of hydrogen-bond donors (Lipinski definition) is 2. The van der Waals surface area contributed by atoms with Crippen molar-refractivity contribution < 1.29 is 19.1 Å². The zero-order valence-corrected chi connectivity index (χ0v) is 18.6. The topological polar surface area (TPSA) is 87.7 Å². The SMILES string of the molecule is CC(C)C[C@H]1C(=O)NCC(=O)N1C(COCc1ccccc1)C(=O)NCc1ccccc1. The summed E-state index contributed by atoms with van der Waals surface area (Å²) in [6, 6.07) is 17.6. The molecule has 0 bridgehead atoms. The van der Waals surface area contributed by atoms with Crippen molar-refractivity contribution in [1.29, 1.82) is 0 Å². The van der Waals surface area contributed by atoms with E-state index >= 15 is 0 Å². The molecule has 1 fully saturated rings. The molecular weight excluding hydrogens is 406 g/mol. The number of carbonyl (C=O) groups excluding carboxylic acids is 3. The van der Waals surface area contributed by atoms with Crippen molar-refractivity contribution in [3.63, 3.8) is 0 Å². The fourth-order valence-corrected chi connectivity index (χ4v) is 3.78. The summed E-state index contributed by atoms with van der Waals surface area (Å²) in [4.78, 5) is 40.1. The summed E-state index contributed by atoms with van der Waals surface area (Å²) in [5.41, 5.74) is 1.92. The second-order valence-electron chi connectivity index (χ2n) is 8.38. The Morgan fingerprint density at radius 2 is 1.69 bits per heavy atom. The number of piperazine rings is 1. The molecule has 7 nitrogen and oxygen atoms in total. The van der Waals surface area contributed by atoms with Crippen LogP contribution in [0.2, 0.25) is 0 Å². The van der Waals surface area contributed by atoms with Crippen LogP contribution in [0.5, 0.6) is 0 Å². The molecule has 1 aliphatic rings. The Balaban J connectivity index is 1.77. The molecule has 0 radical (unpaired) electrons. The van der Waals surface area contributed by atoms with Crippen LogP contribution in [0.4, 0.5) is 0 Å². The summed E-state index contributed by atoms with van der Waals surface area (Å²) >= 11 is 0. The van der Waals surface area contributed by atoms with Gasteiger partial charge in [-0.3, -0.25) is 14.4 Å². The Morgan fingerprint density at radius 3 is 2.31 bits per heavy atom. The molecule has 3 amide bonds. The van der Waals surface area contributed by atoms with Gasteiger partial charge in [0.15, 0.2) is 0 Å². The Hall–Kier alpha value is -3.19. The minimum Gasteiger partial charge on any atom is -0.374 e. The third kappa shape index (κ3) is 6.40. The van der Waals surface area contributed by atoms with Gasteiger partial charge < -0.3 is 20.3 Å². The maximum Gasteiger partial charge on any atom is 0.245 e. The van der Waals surface area contributed by atoms with Crippen LogP contribution < -0.4 is 10.6 Å². The van der Waals surface area contributed by atoms with E-state index in [1.807, 2.05) is 74.5 Å². The van der Waals surface area contributed by atoms with E-state index in [9.17, 15) is 14.4 Å². The van der Waals surface area contributed by atoms with Gasteiger partial charge in [-0.25, -0.2) is 0 Å². The first kappa shape index (κ1) is 23.5. The third-order valence-electron chi connectivity index (χ3n) is 5.37. The highest BCUT2D eigenvalue weighted by atomic mass is 16.5. The molecule has 0 aromatic heterocycles. The van der Waals surface area contributed by atoms with E-state index in [0.29, 0.717) is 19.6 Å². The van der Waals surface area contributed by atoms with E-state index in [0.717, 1.165) is 11.1 Å². The highest BCUT2D eigenvalue weighted by Crippen LogP contribution is 2.19. The number of benzene rings is 2. The second kappa shape index (κ2) is 11.4. The molecule has 1 aliphatic heterocycles. The molecule has 1 unspecified atom stereocenters. The largest absolute Gasteiger partial charge is 0.374 e. The van der Waals surface area contributed by atoms with Gasteiger partial charge in [-0.1, -0.05) is 74.5 Å². The molecule has 0 aliphatic carbocycles. The fraction of sp³-hybridized carbons (Fsp3) is 0.400. The maximum atomic E-state index is 13.2. The molecule has 3 rings (SSSR count). The third-order valence-corrected chi connectivity index (χ3v) is 5.37. The van der Waals surface area contributed by atoms with Crippen LogP contribution in [0.15, 0.2) is 60.7 Å². The molecule has 1 heterocycles. The highest BCUT2D eigenvalue weighted by molar-refractivity contribution is 5.98. The van der Waals surface area contributed by atoms with E-state index in [1.54, 1.807) is 0 Å². The number of nitrogens with one attached hydrogen (secondary N) is 2. The van der Waals surface area contributed by atoms with Gasteiger partial charge in [0.05, 0.1) is 19.8 Å². The zero-order valence-electron chi connectivity index (χ0n) is 18.6. The van der Waals surface area contributed by atoms with E-state index in [2.05, 4.69) is 10.6 Å². The van der Waals surface area contributed by atoms with Crippen LogP contribution in [0.25, 0.3) is 0 Å². The normalized spacial score (nSPS) is 17.2. The first-order valence-electron chi connectivity index (χ1n) is 11.0. The molecule has 170 valence electrons. The quantitative estimate of drug-likeness (QED) is 0.597. The first-order valence-corrected chi connectivity index (χ1v) is 11.0. The minimum absolute atomic E-state index is 0.00311. The molecule has 7 heteroatoms. The average molecular weight is 438 g/mol. The Labute approximate surface area is 189 Å². The van der Waals surface area contributed by atoms with Crippen molar-refractivity contribution in [3.8, 4) is 0 Å². The van der Waals surface area contributed by atoms with Gasteiger partial charge in [0.2, 0.25) is 17.7 Å². The summed E-state index contributed by atoms with van der Waals surface area (Å²) in [5, 5.41) is 5.56. The van der Waals surface area contributed by atoms with Gasteiger partial charge in [-0.05, 0) is 23.5 Å². The zero-order chi connectivity index (χ0) is 22.9. The highest BCUT2D eigenvalue weighted by Gasteiger charge is 2.41. The van der Waals surface area contributed by atoms with Crippen molar-refractivity contribution in [3.05, 3.63) is 71.8 Å². The number of carbonyl (C=O) groups is 3. The maximum absolute atomic E-state index is 13.2. The molecular formula is C25H31N3O4. The summed E-state index contributed by atoms with van der Waals surface area (Å²) in [7, 11) is 0. The van der Waals surface area contributed by atoms with Gasteiger partial charge in [0.1, 0.15) is 12.1 Å². The number of hydrogen-bond acceptors (Lipinski definition) is 4. The number of nitrogens with zero attached hydrogens (tertiary/aromatic N) is 1. The fourth-order valence-electron chi connectivity index (χ4n) is 3.78. The standard InChI is InChI=1S/C25H31N3O4/c1-18(2)13-21-24(30)27-15-23(29)28(21)22(17-32-16-20-11-7-4-8-12-20)25(31)26-14-19-9-5-3-6-10-19/h3-12,18,21-22H,13-17H2,1-2H3,(H,26,31)(H,27,30)/t21-,22?/m0/s1. The predicted molar refractivity (Wildman–Crippen MR) is 121 cm³/mol. The molecule has 2 N–H and O–H groups in total. The summed E-state index contributed by atoms with van der Waals surface area (Å²) < 4.78 is 5.86. The molecule has 2 aromatic carbocycles. The molecule has 2 atom stereocenters. The van der Waals surface area contributed by atoms with E-state index in [-0.39, 0.29) is 36.8 Å². The van der Waals surface area contributed by atoms with Gasteiger partial charge in [-0.15, -0.1) is 0 Å². The first-order chi connectivity index (χ1) is 15.5. The van der Waals surface area contributed by atoms with Crippen LogP contribution in [-0.4, -0.2) is 47.9 Å². The lowest BCUT2D eigenvalue weighted by Crippen LogP contribution is -2.65. The van der Waals surface area contributed by atoms with Crippen LogP contribution >= 0.6 is 0 Å². The Morgan fingerprint density at radius 1 is 1.06 bits per heavy atom. The Bertz CT molecular complexity index is 902. The lowest BCUT2D eigenvalue weighted by molar-refractivity contribution is -0.155. The van der Waals surface area contributed by atoms with Crippen molar-refractivity contribution in [2.75, 3.05) is 13.2 Å². The molecule has 0 saturated carbocycles. The predicted octanol–water partition coefficient (Wildman–Crippen LogP) is 2.26. The van der Waals surface area contributed by atoms with Crippen LogP contribution in [0, 0.1) is 5.92 Å². The number of ether oxygens (including phenoxy) is 1. The van der Waals surface area contributed by atoms with Gasteiger partial charge >= 0.3 is 0 Å². The average Bonchev–Trinajstić information content (AvgIpc) is 2.79. The van der Waals surface area contributed by atoms with Crippen molar-refractivity contribution in [1.82, 2.24) is 15.5 Å². The van der Waals surface area contributed by atoms with E-state index < -0.39 is 12.1 Å². The Kier molecular flexibility index (Phi) is 8.39. The van der Waals surface area contributed by atoms with Gasteiger partial charge in [0.25, 0.3) is 0 Å². The van der Waals surface area contributed by atoms with Crippen LogP contribution in [-0.2, 0) is 32.3 Å². The second-order valence-corrected chi connectivity index (χ2v) is 8.38. The lowest BCUT2D eigenvalue weighted by atomic mass is 9.98. The molecule has 0 spiro atoms. The van der Waals surface area contributed by atoms with Gasteiger partial charge in [-0.2, -0.15) is 0 Å². The van der Waals surface area contributed by atoms with Crippen LogP contribution in [0.1, 0.15) is 31.4 Å². The van der Waals surface area contributed by atoms with Crippen molar-refractivity contribution in [2.24, 2.45) is 5.92 Å². The summed E-state index contributed by atoms with van der Waals surface area (Å²) in [6.45, 7) is 4.50.